The molecule has 3 rings (SSSR count). The molecule has 0 N–H and O–H groups in total. The van der Waals surface area contributed by atoms with Crippen molar-refractivity contribution in [3.8, 4) is 5.75 Å². The number of anilines is 1. The van der Waals surface area contributed by atoms with Crippen molar-refractivity contribution < 1.29 is 4.74 Å². The number of methoxy groups -OCH3 is 1. The fourth-order valence-corrected chi connectivity index (χ4v) is 2.38. The van der Waals surface area contributed by atoms with Crippen LogP contribution in [0.5, 0.6) is 5.75 Å². The van der Waals surface area contributed by atoms with Crippen molar-refractivity contribution in [2.24, 2.45) is 0 Å². The van der Waals surface area contributed by atoms with Crippen molar-refractivity contribution >= 4 is 5.69 Å². The number of aryl methyl sites for hydroxylation is 1. The number of rotatable bonds is 2. The minimum Gasteiger partial charge on any atom is -0.497 e. The Bertz CT molecular complexity index is 583. The fourth-order valence-electron chi connectivity index (χ4n) is 2.38. The lowest BCUT2D eigenvalue weighted by molar-refractivity contribution is 0.414. The number of fused-ring (bicyclic) bond motifs is 1. The lowest BCUT2D eigenvalue weighted by Crippen LogP contribution is -2.16. The molecule has 0 fully saturated rings. The van der Waals surface area contributed by atoms with E-state index in [9.17, 15) is 0 Å². The summed E-state index contributed by atoms with van der Waals surface area (Å²) in [6.45, 7) is 3.89. The van der Waals surface area contributed by atoms with Gasteiger partial charge in [-0.05, 0) is 35.7 Å². The van der Waals surface area contributed by atoms with Gasteiger partial charge in [-0.25, -0.2) is 0 Å². The number of aromatic nitrogens is 2. The van der Waals surface area contributed by atoms with E-state index in [-0.39, 0.29) is 0 Å². The molecule has 18 heavy (non-hydrogen) atoms. The highest BCUT2D eigenvalue weighted by atomic mass is 16.5. The first-order valence-electron chi connectivity index (χ1n) is 5.96. The monoisotopic (exact) mass is 241 g/mol. The number of hydrogen-bond donors (Lipinski definition) is 0. The van der Waals surface area contributed by atoms with Crippen molar-refractivity contribution in [2.75, 3.05) is 12.0 Å². The normalized spacial score (nSPS) is 13.6. The van der Waals surface area contributed by atoms with Crippen LogP contribution < -0.4 is 9.64 Å². The summed E-state index contributed by atoms with van der Waals surface area (Å²) >= 11 is 0. The van der Waals surface area contributed by atoms with E-state index in [4.69, 9.17) is 4.74 Å². The van der Waals surface area contributed by atoms with Crippen molar-refractivity contribution in [1.29, 1.82) is 0 Å². The molecule has 0 saturated carbocycles. The predicted molar refractivity (Wildman–Crippen MR) is 69.7 cm³/mol. The second-order valence-corrected chi connectivity index (χ2v) is 4.55. The van der Waals surface area contributed by atoms with Gasteiger partial charge in [0.2, 0.25) is 0 Å². The summed E-state index contributed by atoms with van der Waals surface area (Å²) in [6.07, 6.45) is 3.64. The molecule has 1 aliphatic rings. The SMILES string of the molecule is COc1ccc2c(c1)CN(c1cnncc1C)C2. The quantitative estimate of drug-likeness (QED) is 0.808. The highest BCUT2D eigenvalue weighted by molar-refractivity contribution is 5.55. The summed E-state index contributed by atoms with van der Waals surface area (Å²) in [5.74, 6) is 0.917. The molecule has 4 heteroatoms. The van der Waals surface area contributed by atoms with Gasteiger partial charge < -0.3 is 9.64 Å². The topological polar surface area (TPSA) is 38.2 Å². The summed E-state index contributed by atoms with van der Waals surface area (Å²) in [6, 6.07) is 6.26. The smallest absolute Gasteiger partial charge is 0.119 e. The van der Waals surface area contributed by atoms with E-state index >= 15 is 0 Å². The molecule has 2 heterocycles. The van der Waals surface area contributed by atoms with Crippen molar-refractivity contribution in [2.45, 2.75) is 20.0 Å². The zero-order chi connectivity index (χ0) is 12.5. The summed E-state index contributed by atoms with van der Waals surface area (Å²) in [5.41, 5.74) is 4.99. The zero-order valence-corrected chi connectivity index (χ0v) is 10.6. The number of benzene rings is 1. The first-order valence-corrected chi connectivity index (χ1v) is 5.96. The predicted octanol–water partition coefficient (Wildman–Crippen LogP) is 2.31. The Morgan fingerprint density at radius 3 is 2.67 bits per heavy atom. The highest BCUT2D eigenvalue weighted by Crippen LogP contribution is 2.31. The maximum atomic E-state index is 5.26. The molecule has 4 nitrogen and oxygen atoms in total. The van der Waals surface area contributed by atoms with E-state index < -0.39 is 0 Å². The van der Waals surface area contributed by atoms with Crippen LogP contribution in [-0.4, -0.2) is 17.3 Å². The van der Waals surface area contributed by atoms with Crippen LogP contribution in [0.15, 0.2) is 30.6 Å². The summed E-state index contributed by atoms with van der Waals surface area (Å²) in [4.78, 5) is 2.31. The first-order chi connectivity index (χ1) is 8.78. The average molecular weight is 241 g/mol. The minimum absolute atomic E-state index is 0.902. The lowest BCUT2D eigenvalue weighted by Gasteiger charge is -2.18. The van der Waals surface area contributed by atoms with Crippen molar-refractivity contribution in [1.82, 2.24) is 10.2 Å². The maximum Gasteiger partial charge on any atom is 0.119 e. The lowest BCUT2D eigenvalue weighted by atomic mass is 10.1. The van der Waals surface area contributed by atoms with E-state index in [1.54, 1.807) is 13.3 Å². The second kappa shape index (κ2) is 4.29. The third-order valence-electron chi connectivity index (χ3n) is 3.38. The van der Waals surface area contributed by atoms with Crippen LogP contribution in [0.2, 0.25) is 0 Å². The molecule has 0 aliphatic carbocycles. The van der Waals surface area contributed by atoms with E-state index in [1.807, 2.05) is 12.3 Å². The Kier molecular flexibility index (Phi) is 2.63. The van der Waals surface area contributed by atoms with Crippen LogP contribution in [-0.2, 0) is 13.1 Å². The molecule has 0 saturated heterocycles. The Morgan fingerprint density at radius 1 is 1.11 bits per heavy atom. The van der Waals surface area contributed by atoms with Crippen LogP contribution in [0, 0.1) is 6.92 Å². The van der Waals surface area contributed by atoms with Gasteiger partial charge in [0.25, 0.3) is 0 Å². The van der Waals surface area contributed by atoms with Crippen molar-refractivity contribution in [3.63, 3.8) is 0 Å². The fraction of sp³-hybridized carbons (Fsp3) is 0.286. The molecular formula is C14H15N3O. The summed E-state index contributed by atoms with van der Waals surface area (Å²) < 4.78 is 5.26. The Morgan fingerprint density at radius 2 is 1.89 bits per heavy atom. The van der Waals surface area contributed by atoms with Gasteiger partial charge in [0, 0.05) is 13.1 Å². The second-order valence-electron chi connectivity index (χ2n) is 4.55. The van der Waals surface area contributed by atoms with Gasteiger partial charge in [-0.2, -0.15) is 10.2 Å². The summed E-state index contributed by atoms with van der Waals surface area (Å²) in [7, 11) is 1.70. The summed E-state index contributed by atoms with van der Waals surface area (Å²) in [5, 5.41) is 7.87. The van der Waals surface area contributed by atoms with Gasteiger partial charge in [-0.15, -0.1) is 0 Å². The molecule has 0 amide bonds. The maximum absolute atomic E-state index is 5.26. The van der Waals surface area contributed by atoms with Gasteiger partial charge in [0.1, 0.15) is 5.75 Å². The van der Waals surface area contributed by atoms with Crippen LogP contribution >= 0.6 is 0 Å². The molecule has 1 aliphatic heterocycles. The molecule has 92 valence electrons. The third-order valence-corrected chi connectivity index (χ3v) is 3.38. The largest absolute Gasteiger partial charge is 0.497 e. The third kappa shape index (κ3) is 1.79. The molecule has 0 spiro atoms. The van der Waals surface area contributed by atoms with Gasteiger partial charge >= 0.3 is 0 Å². The van der Waals surface area contributed by atoms with Crippen LogP contribution in [0.4, 0.5) is 5.69 Å². The molecule has 0 radical (unpaired) electrons. The van der Waals surface area contributed by atoms with Gasteiger partial charge in [-0.3, -0.25) is 0 Å². The minimum atomic E-state index is 0.902. The average Bonchev–Trinajstić information content (AvgIpc) is 2.81. The van der Waals surface area contributed by atoms with E-state index in [2.05, 4.69) is 34.2 Å². The number of ether oxygens (including phenoxy) is 1. The van der Waals surface area contributed by atoms with E-state index in [0.717, 1.165) is 30.1 Å². The Labute approximate surface area is 106 Å². The standard InChI is InChI=1S/C14H15N3O/c1-10-6-15-16-7-14(10)17-8-11-3-4-13(18-2)5-12(11)9-17/h3-7H,8-9H2,1-2H3. The molecule has 1 aromatic carbocycles. The molecule has 1 aromatic heterocycles. The van der Waals surface area contributed by atoms with Gasteiger partial charge in [-0.1, -0.05) is 6.07 Å². The Balaban J connectivity index is 1.91. The van der Waals surface area contributed by atoms with Crippen LogP contribution in [0.3, 0.4) is 0 Å². The number of nitrogens with zero attached hydrogens (tertiary/aromatic N) is 3. The molecular weight excluding hydrogens is 226 g/mol. The van der Waals surface area contributed by atoms with Crippen LogP contribution in [0.25, 0.3) is 0 Å². The van der Waals surface area contributed by atoms with Crippen LogP contribution in [0.1, 0.15) is 16.7 Å². The Hall–Kier alpha value is -2.10. The van der Waals surface area contributed by atoms with E-state index in [0.29, 0.717) is 0 Å². The first kappa shape index (κ1) is 11.0. The molecule has 0 bridgehead atoms. The number of hydrogen-bond acceptors (Lipinski definition) is 4. The van der Waals surface area contributed by atoms with Crippen molar-refractivity contribution in [3.05, 3.63) is 47.3 Å². The zero-order valence-electron chi connectivity index (χ0n) is 10.6. The van der Waals surface area contributed by atoms with E-state index in [1.165, 1.54) is 11.1 Å². The molecule has 0 atom stereocenters. The molecule has 2 aromatic rings. The van der Waals surface area contributed by atoms with Gasteiger partial charge in [0.05, 0.1) is 25.2 Å². The van der Waals surface area contributed by atoms with Gasteiger partial charge in [0.15, 0.2) is 0 Å². The molecule has 0 unspecified atom stereocenters. The highest BCUT2D eigenvalue weighted by Gasteiger charge is 2.21.